The van der Waals surface area contributed by atoms with E-state index in [4.69, 9.17) is 26.3 Å². The predicted molar refractivity (Wildman–Crippen MR) is 75.6 cm³/mol. The van der Waals surface area contributed by atoms with Gasteiger partial charge < -0.3 is 9.47 Å². The highest BCUT2D eigenvalue weighted by molar-refractivity contribution is 6.32. The van der Waals surface area contributed by atoms with Gasteiger partial charge in [0.25, 0.3) is 0 Å². The Bertz CT molecular complexity index is 636. The number of hydrogen-bond donors (Lipinski definition) is 0. The molecule has 0 spiro atoms. The minimum Gasteiger partial charge on any atom is -0.454 e. The lowest BCUT2D eigenvalue weighted by molar-refractivity contribution is -0.121. The van der Waals surface area contributed by atoms with E-state index in [0.717, 1.165) is 0 Å². The number of ketones is 1. The van der Waals surface area contributed by atoms with E-state index in [-0.39, 0.29) is 18.1 Å². The summed E-state index contributed by atoms with van der Waals surface area (Å²) in [5.74, 6) is 0.891. The molecule has 1 aromatic rings. The molecule has 1 aliphatic heterocycles. The lowest BCUT2D eigenvalue weighted by Gasteiger charge is -2.15. The number of nitrogens with zero attached hydrogens (tertiary/aromatic N) is 1. The number of ether oxygens (including phenoxy) is 2. The molecular weight excluding hydrogens is 278 g/mol. The molecular formula is C15H14ClNO3. The number of carbonyl (C=O) groups is 1. The van der Waals surface area contributed by atoms with Crippen LogP contribution in [0, 0.1) is 16.7 Å². The van der Waals surface area contributed by atoms with Crippen LogP contribution in [0.25, 0.3) is 6.08 Å². The van der Waals surface area contributed by atoms with Gasteiger partial charge >= 0.3 is 0 Å². The second-order valence-electron chi connectivity index (χ2n) is 5.48. The van der Waals surface area contributed by atoms with Crippen molar-refractivity contribution in [1.82, 2.24) is 0 Å². The van der Waals surface area contributed by atoms with Gasteiger partial charge in [-0.2, -0.15) is 5.26 Å². The number of benzene rings is 1. The quantitative estimate of drug-likeness (QED) is 0.617. The Morgan fingerprint density at radius 1 is 1.35 bits per heavy atom. The molecule has 0 unspecified atom stereocenters. The van der Waals surface area contributed by atoms with E-state index in [2.05, 4.69) is 0 Å². The molecule has 0 radical (unpaired) electrons. The molecule has 0 fully saturated rings. The maximum atomic E-state index is 12.2. The van der Waals surface area contributed by atoms with Gasteiger partial charge in [-0.3, -0.25) is 4.79 Å². The average Bonchev–Trinajstić information content (AvgIpc) is 2.80. The van der Waals surface area contributed by atoms with E-state index in [1.54, 1.807) is 32.9 Å². The number of rotatable bonds is 2. The van der Waals surface area contributed by atoms with Gasteiger partial charge in [-0.05, 0) is 17.7 Å². The van der Waals surface area contributed by atoms with Gasteiger partial charge in [-0.1, -0.05) is 32.4 Å². The van der Waals surface area contributed by atoms with Crippen molar-refractivity contribution in [1.29, 1.82) is 5.26 Å². The Morgan fingerprint density at radius 3 is 2.50 bits per heavy atom. The fourth-order valence-corrected chi connectivity index (χ4v) is 1.96. The smallest absolute Gasteiger partial charge is 0.231 e. The normalized spacial score (nSPS) is 14.1. The lowest BCUT2D eigenvalue weighted by Crippen LogP contribution is -2.21. The summed E-state index contributed by atoms with van der Waals surface area (Å²) in [7, 11) is 0. The zero-order valence-corrected chi connectivity index (χ0v) is 12.2. The molecule has 0 saturated heterocycles. The number of carbonyl (C=O) groups excluding carboxylic acids is 1. The summed E-state index contributed by atoms with van der Waals surface area (Å²) < 4.78 is 10.5. The van der Waals surface area contributed by atoms with Crippen molar-refractivity contribution in [3.8, 4) is 17.6 Å². The molecule has 0 N–H and O–H groups in total. The van der Waals surface area contributed by atoms with Crippen LogP contribution in [-0.4, -0.2) is 12.6 Å². The molecule has 1 aliphatic rings. The fourth-order valence-electron chi connectivity index (χ4n) is 1.75. The first-order chi connectivity index (χ1) is 9.32. The van der Waals surface area contributed by atoms with Gasteiger partial charge in [0.15, 0.2) is 17.3 Å². The molecule has 104 valence electrons. The summed E-state index contributed by atoms with van der Waals surface area (Å²) >= 11 is 6.13. The molecule has 0 saturated carbocycles. The molecule has 0 atom stereocenters. The highest BCUT2D eigenvalue weighted by atomic mass is 35.5. The molecule has 2 rings (SSSR count). The van der Waals surface area contributed by atoms with Crippen LogP contribution in [0.15, 0.2) is 17.7 Å². The van der Waals surface area contributed by atoms with Crippen molar-refractivity contribution in [3.63, 3.8) is 0 Å². The van der Waals surface area contributed by atoms with Gasteiger partial charge in [-0.15, -0.1) is 0 Å². The van der Waals surface area contributed by atoms with Crippen molar-refractivity contribution in [2.45, 2.75) is 20.8 Å². The maximum Gasteiger partial charge on any atom is 0.231 e. The zero-order chi connectivity index (χ0) is 14.9. The van der Waals surface area contributed by atoms with Gasteiger partial charge in [0, 0.05) is 11.5 Å². The number of nitriles is 1. The molecule has 4 nitrogen and oxygen atoms in total. The van der Waals surface area contributed by atoms with Crippen molar-refractivity contribution < 1.29 is 14.3 Å². The van der Waals surface area contributed by atoms with Crippen LogP contribution in [-0.2, 0) is 4.79 Å². The van der Waals surface area contributed by atoms with Gasteiger partial charge in [0.05, 0.1) is 10.6 Å². The van der Waals surface area contributed by atoms with E-state index in [9.17, 15) is 4.79 Å². The van der Waals surface area contributed by atoms with Crippen LogP contribution >= 0.6 is 11.6 Å². The van der Waals surface area contributed by atoms with Gasteiger partial charge in [-0.25, -0.2) is 0 Å². The SMILES string of the molecule is CC(C)(C)C(=O)/C(C#N)=C/c1cc2c(cc1Cl)OCO2. The number of allylic oxidation sites excluding steroid dienone is 1. The number of Topliss-reactive ketones (excluding diaryl/α,β-unsaturated/α-hetero) is 1. The van der Waals surface area contributed by atoms with Crippen LogP contribution in [0.2, 0.25) is 5.02 Å². The highest BCUT2D eigenvalue weighted by Gasteiger charge is 2.25. The van der Waals surface area contributed by atoms with Gasteiger partial charge in [0.2, 0.25) is 6.79 Å². The first-order valence-corrected chi connectivity index (χ1v) is 6.46. The van der Waals surface area contributed by atoms with Crippen LogP contribution in [0.1, 0.15) is 26.3 Å². The summed E-state index contributed by atoms with van der Waals surface area (Å²) in [4.78, 5) is 12.2. The molecule has 20 heavy (non-hydrogen) atoms. The van der Waals surface area contributed by atoms with Crippen LogP contribution in [0.5, 0.6) is 11.5 Å². The highest BCUT2D eigenvalue weighted by Crippen LogP contribution is 2.37. The summed E-state index contributed by atoms with van der Waals surface area (Å²) in [6, 6.07) is 5.21. The number of hydrogen-bond acceptors (Lipinski definition) is 4. The molecule has 0 aromatic heterocycles. The maximum absolute atomic E-state index is 12.2. The molecule has 1 heterocycles. The third kappa shape index (κ3) is 2.78. The summed E-state index contributed by atoms with van der Waals surface area (Å²) in [6.07, 6.45) is 1.48. The van der Waals surface area contributed by atoms with Crippen molar-refractivity contribution in [2.24, 2.45) is 5.41 Å². The Kier molecular flexibility index (Phi) is 3.74. The third-order valence-electron chi connectivity index (χ3n) is 2.84. The molecule has 0 amide bonds. The minimum absolute atomic E-state index is 0.0678. The van der Waals surface area contributed by atoms with Crippen LogP contribution in [0.4, 0.5) is 0 Å². The Balaban J connectivity index is 2.44. The predicted octanol–water partition coefficient (Wildman–Crippen LogP) is 3.59. The van der Waals surface area contributed by atoms with E-state index >= 15 is 0 Å². The average molecular weight is 292 g/mol. The standard InChI is InChI=1S/C15H14ClNO3/c1-15(2,3)14(18)10(7-17)4-9-5-12-13(6-11(9)16)20-8-19-12/h4-6H,8H2,1-3H3/b10-4+. The Morgan fingerprint density at radius 2 is 1.95 bits per heavy atom. The molecule has 0 aliphatic carbocycles. The van der Waals surface area contributed by atoms with Crippen molar-refractivity contribution in [2.75, 3.05) is 6.79 Å². The fraction of sp³-hybridized carbons (Fsp3) is 0.333. The number of fused-ring (bicyclic) bond motifs is 1. The van der Waals surface area contributed by atoms with Crippen molar-refractivity contribution in [3.05, 3.63) is 28.3 Å². The zero-order valence-electron chi connectivity index (χ0n) is 11.5. The second kappa shape index (κ2) is 5.18. The van der Waals surface area contributed by atoms with E-state index in [1.165, 1.54) is 6.08 Å². The molecule has 0 bridgehead atoms. The monoisotopic (exact) mass is 291 g/mol. The van der Waals surface area contributed by atoms with Crippen molar-refractivity contribution >= 4 is 23.5 Å². The summed E-state index contributed by atoms with van der Waals surface area (Å²) in [6.45, 7) is 5.44. The molecule has 1 aromatic carbocycles. The Hall–Kier alpha value is -1.99. The van der Waals surface area contributed by atoms with E-state index in [1.807, 2.05) is 6.07 Å². The Labute approximate surface area is 122 Å². The minimum atomic E-state index is -0.621. The lowest BCUT2D eigenvalue weighted by atomic mass is 9.86. The van der Waals surface area contributed by atoms with E-state index in [0.29, 0.717) is 22.1 Å². The second-order valence-corrected chi connectivity index (χ2v) is 5.88. The largest absolute Gasteiger partial charge is 0.454 e. The molecule has 5 heteroatoms. The summed E-state index contributed by atoms with van der Waals surface area (Å²) in [5, 5.41) is 9.57. The van der Waals surface area contributed by atoms with Gasteiger partial charge in [0.1, 0.15) is 6.07 Å². The number of halogens is 1. The van der Waals surface area contributed by atoms with Crippen LogP contribution < -0.4 is 9.47 Å². The van der Waals surface area contributed by atoms with E-state index < -0.39 is 5.41 Å². The summed E-state index contributed by atoms with van der Waals surface area (Å²) in [5.41, 5.74) is 0.00743. The first kappa shape index (κ1) is 14.4. The topological polar surface area (TPSA) is 59.3 Å². The van der Waals surface area contributed by atoms with Crippen LogP contribution in [0.3, 0.4) is 0 Å². The third-order valence-corrected chi connectivity index (χ3v) is 3.17. The first-order valence-electron chi connectivity index (χ1n) is 6.08.